The molecule has 0 unspecified atom stereocenters. The number of nitrogen functional groups attached to an aromatic ring is 1. The van der Waals surface area contributed by atoms with Gasteiger partial charge in [-0.15, -0.1) is 0 Å². The molecular formula is C9H10N2O. The van der Waals surface area contributed by atoms with Crippen molar-refractivity contribution < 1.29 is 4.42 Å². The summed E-state index contributed by atoms with van der Waals surface area (Å²) in [6.45, 7) is 0.410. The van der Waals surface area contributed by atoms with Gasteiger partial charge in [0, 0.05) is 16.5 Å². The maximum absolute atomic E-state index is 5.62. The van der Waals surface area contributed by atoms with E-state index in [2.05, 4.69) is 0 Å². The van der Waals surface area contributed by atoms with Crippen LogP contribution in [0.2, 0.25) is 0 Å². The lowest BCUT2D eigenvalue weighted by Gasteiger charge is -1.93. The molecule has 1 aromatic carbocycles. The molecule has 0 fully saturated rings. The van der Waals surface area contributed by atoms with Gasteiger partial charge in [-0.2, -0.15) is 0 Å². The van der Waals surface area contributed by atoms with Crippen LogP contribution >= 0.6 is 0 Å². The summed E-state index contributed by atoms with van der Waals surface area (Å²) in [5.41, 5.74) is 11.8. The van der Waals surface area contributed by atoms with E-state index in [0.29, 0.717) is 6.54 Å². The third kappa shape index (κ3) is 0.950. The summed E-state index contributed by atoms with van der Waals surface area (Å²) in [6, 6.07) is 5.65. The van der Waals surface area contributed by atoms with Gasteiger partial charge in [0.15, 0.2) is 0 Å². The van der Waals surface area contributed by atoms with Gasteiger partial charge >= 0.3 is 0 Å². The molecular weight excluding hydrogens is 152 g/mol. The average Bonchev–Trinajstić information content (AvgIpc) is 2.46. The molecule has 3 nitrogen and oxygen atoms in total. The van der Waals surface area contributed by atoms with Crippen LogP contribution in [0, 0.1) is 0 Å². The Balaban J connectivity index is 2.75. The smallest absolute Gasteiger partial charge is 0.125 e. The van der Waals surface area contributed by atoms with Crippen molar-refractivity contribution in [3.63, 3.8) is 0 Å². The fourth-order valence-electron chi connectivity index (χ4n) is 1.27. The van der Waals surface area contributed by atoms with E-state index in [0.717, 1.165) is 22.2 Å². The molecule has 1 heterocycles. The van der Waals surface area contributed by atoms with Gasteiger partial charge in [0.05, 0.1) is 12.8 Å². The summed E-state index contributed by atoms with van der Waals surface area (Å²) in [7, 11) is 0. The maximum Gasteiger partial charge on any atom is 0.125 e. The quantitative estimate of drug-likeness (QED) is 0.624. The lowest BCUT2D eigenvalue weighted by Crippen LogP contribution is -1.94. The van der Waals surface area contributed by atoms with Gasteiger partial charge in [0.25, 0.3) is 0 Å². The van der Waals surface area contributed by atoms with Crippen LogP contribution in [0.3, 0.4) is 0 Å². The van der Waals surface area contributed by atoms with Crippen LogP contribution < -0.4 is 11.5 Å². The van der Waals surface area contributed by atoms with Crippen LogP contribution in [-0.4, -0.2) is 0 Å². The number of hydrogen-bond acceptors (Lipinski definition) is 3. The summed E-state index contributed by atoms with van der Waals surface area (Å²) < 4.78 is 5.24. The van der Waals surface area contributed by atoms with E-state index >= 15 is 0 Å². The van der Waals surface area contributed by atoms with Crippen molar-refractivity contribution >= 4 is 16.5 Å². The second-order valence-corrected chi connectivity index (χ2v) is 2.71. The molecule has 2 rings (SSSR count). The molecule has 3 heteroatoms. The SMILES string of the molecule is NCc1occ2ccc(N)cc12. The van der Waals surface area contributed by atoms with Gasteiger partial charge < -0.3 is 15.9 Å². The van der Waals surface area contributed by atoms with Crippen molar-refractivity contribution in [1.29, 1.82) is 0 Å². The average molecular weight is 162 g/mol. The molecule has 4 N–H and O–H groups in total. The van der Waals surface area contributed by atoms with Crippen LogP contribution in [0.1, 0.15) is 5.76 Å². The summed E-state index contributed by atoms with van der Waals surface area (Å²) in [6.07, 6.45) is 1.69. The third-order valence-electron chi connectivity index (χ3n) is 1.89. The lowest BCUT2D eigenvalue weighted by atomic mass is 10.1. The standard InChI is InChI=1S/C9H10N2O/c10-4-9-8-3-7(11)2-1-6(8)5-12-9/h1-3,5H,4,10-11H2. The molecule has 0 aliphatic rings. The molecule has 0 bridgehead atoms. The molecule has 0 spiro atoms. The highest BCUT2D eigenvalue weighted by atomic mass is 16.3. The van der Waals surface area contributed by atoms with Gasteiger partial charge in [0.2, 0.25) is 0 Å². The van der Waals surface area contributed by atoms with Gasteiger partial charge in [-0.05, 0) is 18.2 Å². The van der Waals surface area contributed by atoms with Crippen molar-refractivity contribution in [2.45, 2.75) is 6.54 Å². The second-order valence-electron chi connectivity index (χ2n) is 2.71. The molecule has 62 valence electrons. The Labute approximate surface area is 70.0 Å². The Morgan fingerprint density at radius 2 is 2.17 bits per heavy atom. The molecule has 0 saturated heterocycles. The second kappa shape index (κ2) is 2.53. The van der Waals surface area contributed by atoms with Crippen molar-refractivity contribution in [2.24, 2.45) is 5.73 Å². The first kappa shape index (κ1) is 7.18. The van der Waals surface area contributed by atoms with Crippen LogP contribution in [0.4, 0.5) is 5.69 Å². The van der Waals surface area contributed by atoms with Gasteiger partial charge in [-0.1, -0.05) is 0 Å². The van der Waals surface area contributed by atoms with Gasteiger partial charge in [0.1, 0.15) is 5.76 Å². The monoisotopic (exact) mass is 162 g/mol. The summed E-state index contributed by atoms with van der Waals surface area (Å²) in [5.74, 6) is 0.789. The van der Waals surface area contributed by atoms with Crippen molar-refractivity contribution in [2.75, 3.05) is 5.73 Å². The number of nitrogens with two attached hydrogens (primary N) is 2. The molecule has 2 aromatic rings. The molecule has 0 atom stereocenters. The van der Waals surface area contributed by atoms with E-state index in [9.17, 15) is 0 Å². The summed E-state index contributed by atoms with van der Waals surface area (Å²) >= 11 is 0. The minimum absolute atomic E-state index is 0.410. The fourth-order valence-corrected chi connectivity index (χ4v) is 1.27. The zero-order chi connectivity index (χ0) is 8.55. The van der Waals surface area contributed by atoms with Crippen LogP contribution in [-0.2, 0) is 6.54 Å². The minimum atomic E-state index is 0.410. The number of fused-ring (bicyclic) bond motifs is 1. The normalized spacial score (nSPS) is 10.8. The van der Waals surface area contributed by atoms with E-state index in [1.807, 2.05) is 18.2 Å². The molecule has 0 aliphatic carbocycles. The first-order valence-electron chi connectivity index (χ1n) is 3.77. The number of benzene rings is 1. The largest absolute Gasteiger partial charge is 0.467 e. The Morgan fingerprint density at radius 1 is 1.33 bits per heavy atom. The van der Waals surface area contributed by atoms with Crippen molar-refractivity contribution in [1.82, 2.24) is 0 Å². The van der Waals surface area contributed by atoms with Gasteiger partial charge in [-0.3, -0.25) is 0 Å². The van der Waals surface area contributed by atoms with Crippen LogP contribution in [0.5, 0.6) is 0 Å². The first-order valence-corrected chi connectivity index (χ1v) is 3.77. The van der Waals surface area contributed by atoms with E-state index in [-0.39, 0.29) is 0 Å². The Bertz CT molecular complexity index is 406. The number of anilines is 1. The highest BCUT2D eigenvalue weighted by molar-refractivity contribution is 5.86. The van der Waals surface area contributed by atoms with Crippen LogP contribution in [0.15, 0.2) is 28.9 Å². The molecule has 0 radical (unpaired) electrons. The Morgan fingerprint density at radius 3 is 2.92 bits per heavy atom. The topological polar surface area (TPSA) is 65.2 Å². The summed E-state index contributed by atoms with van der Waals surface area (Å²) in [4.78, 5) is 0. The van der Waals surface area contributed by atoms with E-state index in [1.165, 1.54) is 0 Å². The van der Waals surface area contributed by atoms with E-state index in [1.54, 1.807) is 6.26 Å². The van der Waals surface area contributed by atoms with E-state index in [4.69, 9.17) is 15.9 Å². The Hall–Kier alpha value is -1.48. The highest BCUT2D eigenvalue weighted by Gasteiger charge is 2.03. The highest BCUT2D eigenvalue weighted by Crippen LogP contribution is 2.22. The van der Waals surface area contributed by atoms with Crippen molar-refractivity contribution in [3.8, 4) is 0 Å². The molecule has 12 heavy (non-hydrogen) atoms. The zero-order valence-corrected chi connectivity index (χ0v) is 6.58. The lowest BCUT2D eigenvalue weighted by molar-refractivity contribution is 0.518. The first-order chi connectivity index (χ1) is 5.81. The third-order valence-corrected chi connectivity index (χ3v) is 1.89. The van der Waals surface area contributed by atoms with Crippen molar-refractivity contribution in [3.05, 3.63) is 30.2 Å². The fraction of sp³-hybridized carbons (Fsp3) is 0.111. The minimum Gasteiger partial charge on any atom is -0.467 e. The number of hydrogen-bond donors (Lipinski definition) is 2. The van der Waals surface area contributed by atoms with Gasteiger partial charge in [-0.25, -0.2) is 0 Å². The summed E-state index contributed by atoms with van der Waals surface area (Å²) in [5, 5.41) is 2.06. The predicted octanol–water partition coefficient (Wildman–Crippen LogP) is 1.47. The predicted molar refractivity (Wildman–Crippen MR) is 48.5 cm³/mol. The molecule has 0 saturated carbocycles. The molecule has 0 aliphatic heterocycles. The zero-order valence-electron chi connectivity index (χ0n) is 6.58. The molecule has 1 aromatic heterocycles. The van der Waals surface area contributed by atoms with E-state index < -0.39 is 0 Å². The Kier molecular flexibility index (Phi) is 1.52. The van der Waals surface area contributed by atoms with Crippen LogP contribution in [0.25, 0.3) is 10.8 Å². The number of rotatable bonds is 1. The number of furan rings is 1. The molecule has 0 amide bonds. The maximum atomic E-state index is 5.62.